The number of Topliss-reactive ketones (excluding diaryl/α,β-unsaturated/α-hetero) is 1. The number of halogens is 2. The van der Waals surface area contributed by atoms with Crippen LogP contribution in [0.4, 0.5) is 14.5 Å². The Balaban J connectivity index is 1.53. The van der Waals surface area contributed by atoms with Gasteiger partial charge in [-0.1, -0.05) is 12.1 Å². The molecule has 0 aromatic heterocycles. The van der Waals surface area contributed by atoms with Gasteiger partial charge < -0.3 is 14.8 Å². The summed E-state index contributed by atoms with van der Waals surface area (Å²) >= 11 is 0. The van der Waals surface area contributed by atoms with Gasteiger partial charge in [0.25, 0.3) is 0 Å². The van der Waals surface area contributed by atoms with Crippen molar-refractivity contribution in [2.45, 2.75) is 19.5 Å². The highest BCUT2D eigenvalue weighted by atomic mass is 19.3. The lowest BCUT2D eigenvalue weighted by atomic mass is 9.99. The number of hydrogen-bond donors (Lipinski definition) is 1. The highest BCUT2D eigenvalue weighted by Crippen LogP contribution is 2.32. The minimum Gasteiger partial charge on any atom is -0.454 e. The van der Waals surface area contributed by atoms with E-state index in [9.17, 15) is 23.2 Å². The Labute approximate surface area is 165 Å². The Bertz CT molecular complexity index is 970. The third kappa shape index (κ3) is 5.04. The number of ketones is 1. The summed E-state index contributed by atoms with van der Waals surface area (Å²) in [5, 5.41) is 2.72. The fraction of sp³-hybridized carbons (Fsp3) is 0.190. The molecule has 0 spiro atoms. The van der Waals surface area contributed by atoms with Gasteiger partial charge in [-0.3, -0.25) is 9.59 Å². The van der Waals surface area contributed by atoms with Crippen LogP contribution < -0.4 is 10.1 Å². The molecule has 0 bridgehead atoms. The molecular weight excluding hydrogens is 384 g/mol. The number of rotatable bonds is 7. The fourth-order valence-electron chi connectivity index (χ4n) is 2.78. The van der Waals surface area contributed by atoms with Gasteiger partial charge in [0, 0.05) is 17.3 Å². The van der Waals surface area contributed by atoms with Crippen molar-refractivity contribution in [2.24, 2.45) is 0 Å². The topological polar surface area (TPSA) is 81.7 Å². The zero-order valence-electron chi connectivity index (χ0n) is 15.4. The molecule has 8 heteroatoms. The zero-order chi connectivity index (χ0) is 21.0. The Morgan fingerprint density at radius 3 is 2.59 bits per heavy atom. The second kappa shape index (κ2) is 8.64. The molecule has 0 aliphatic carbocycles. The molecule has 6 nitrogen and oxygen atoms in total. The lowest BCUT2D eigenvalue weighted by Gasteiger charge is -2.06. The first-order valence-electron chi connectivity index (χ1n) is 8.71. The van der Waals surface area contributed by atoms with E-state index < -0.39 is 25.0 Å². The minimum absolute atomic E-state index is 0.00545. The molecule has 0 unspecified atom stereocenters. The average molecular weight is 401 g/mol. The summed E-state index contributed by atoms with van der Waals surface area (Å²) in [6.45, 7) is -1.61. The molecule has 2 aromatic carbocycles. The number of anilines is 1. The highest BCUT2D eigenvalue weighted by molar-refractivity contribution is 6.05. The molecule has 0 saturated heterocycles. The molecule has 0 radical (unpaired) electrons. The molecule has 1 aliphatic rings. The van der Waals surface area contributed by atoms with Crippen LogP contribution in [0.5, 0.6) is 5.75 Å². The second-order valence-electron chi connectivity index (χ2n) is 6.32. The maximum Gasteiger partial charge on any atom is 0.387 e. The van der Waals surface area contributed by atoms with Crippen LogP contribution in [0.25, 0.3) is 6.08 Å². The van der Waals surface area contributed by atoms with Crippen LogP contribution in [0.2, 0.25) is 0 Å². The van der Waals surface area contributed by atoms with Gasteiger partial charge in [-0.05, 0) is 54.5 Å². The smallest absolute Gasteiger partial charge is 0.387 e. The number of carbonyl (C=O) groups excluding carboxylic acids is 3. The van der Waals surface area contributed by atoms with E-state index >= 15 is 0 Å². The number of benzene rings is 2. The van der Waals surface area contributed by atoms with Crippen LogP contribution in [0.15, 0.2) is 48.5 Å². The van der Waals surface area contributed by atoms with Gasteiger partial charge in [0.1, 0.15) is 5.75 Å². The highest BCUT2D eigenvalue weighted by Gasteiger charge is 2.27. The first-order chi connectivity index (χ1) is 13.8. The molecule has 0 saturated carbocycles. The summed E-state index contributed by atoms with van der Waals surface area (Å²) in [5.41, 5.74) is 2.31. The van der Waals surface area contributed by atoms with Gasteiger partial charge in [0.15, 0.2) is 12.4 Å². The molecule has 1 aliphatic heterocycles. The zero-order valence-corrected chi connectivity index (χ0v) is 15.4. The molecule has 1 atom stereocenters. The largest absolute Gasteiger partial charge is 0.454 e. The monoisotopic (exact) mass is 401 g/mol. The van der Waals surface area contributed by atoms with Gasteiger partial charge in [-0.25, -0.2) is 4.79 Å². The quantitative estimate of drug-likeness (QED) is 0.434. The predicted octanol–water partition coefficient (Wildman–Crippen LogP) is 3.78. The Morgan fingerprint density at radius 1 is 1.17 bits per heavy atom. The van der Waals surface area contributed by atoms with E-state index in [1.165, 1.54) is 30.3 Å². The molecule has 1 heterocycles. The van der Waals surface area contributed by atoms with Crippen molar-refractivity contribution in [3.05, 3.63) is 65.2 Å². The normalized spacial score (nSPS) is 15.3. The number of amides is 1. The third-order valence-electron chi connectivity index (χ3n) is 4.35. The van der Waals surface area contributed by atoms with E-state index in [2.05, 4.69) is 10.1 Å². The number of esters is 1. The second-order valence-corrected chi connectivity index (χ2v) is 6.32. The van der Waals surface area contributed by atoms with Crippen molar-refractivity contribution in [1.29, 1.82) is 0 Å². The lowest BCUT2D eigenvalue weighted by molar-refractivity contribution is -0.136. The number of nitrogens with one attached hydrogen (secondary N) is 1. The van der Waals surface area contributed by atoms with Crippen molar-refractivity contribution in [3.63, 3.8) is 0 Å². The molecule has 0 fully saturated rings. The van der Waals surface area contributed by atoms with Crippen LogP contribution in [0.3, 0.4) is 0 Å². The number of alkyl halides is 2. The Hall–Kier alpha value is -3.55. The maximum atomic E-state index is 12.3. The molecular formula is C21H17F2NO5. The predicted molar refractivity (Wildman–Crippen MR) is 101 cm³/mol. The summed E-state index contributed by atoms with van der Waals surface area (Å²) < 4.78 is 33.4. The molecule has 1 N–H and O–H groups in total. The van der Waals surface area contributed by atoms with E-state index in [1.807, 2.05) is 0 Å². The van der Waals surface area contributed by atoms with Crippen LogP contribution >= 0.6 is 0 Å². The van der Waals surface area contributed by atoms with Crippen molar-refractivity contribution in [2.75, 3.05) is 11.9 Å². The molecule has 3 rings (SSSR count). The van der Waals surface area contributed by atoms with Gasteiger partial charge >= 0.3 is 12.6 Å². The van der Waals surface area contributed by atoms with Gasteiger partial charge in [-0.15, -0.1) is 0 Å². The minimum atomic E-state index is -2.91. The summed E-state index contributed by atoms with van der Waals surface area (Å²) in [7, 11) is 0. The van der Waals surface area contributed by atoms with Crippen LogP contribution in [0.1, 0.15) is 34.3 Å². The summed E-state index contributed by atoms with van der Waals surface area (Å²) in [5.74, 6) is -1.59. The van der Waals surface area contributed by atoms with Crippen molar-refractivity contribution in [3.8, 4) is 5.75 Å². The van der Waals surface area contributed by atoms with E-state index in [0.717, 1.165) is 11.6 Å². The SMILES string of the molecule is C[C@@H]1C(=O)Nc2ccc(C(=O)COC(=O)/C=C/c3ccc(OC(F)F)cc3)cc21. The molecule has 1 amide bonds. The van der Waals surface area contributed by atoms with Crippen LogP contribution in [-0.4, -0.2) is 30.9 Å². The number of carbonyl (C=O) groups is 3. The van der Waals surface area contributed by atoms with Crippen molar-refractivity contribution >= 4 is 29.4 Å². The number of ether oxygens (including phenoxy) is 2. The maximum absolute atomic E-state index is 12.3. The van der Waals surface area contributed by atoms with Gasteiger partial charge in [-0.2, -0.15) is 8.78 Å². The van der Waals surface area contributed by atoms with Gasteiger partial charge in [0.05, 0.1) is 5.92 Å². The summed E-state index contributed by atoms with van der Waals surface area (Å²) in [6, 6.07) is 10.5. The van der Waals surface area contributed by atoms with E-state index in [-0.39, 0.29) is 17.6 Å². The van der Waals surface area contributed by atoms with E-state index in [0.29, 0.717) is 16.8 Å². The molecule has 150 valence electrons. The Morgan fingerprint density at radius 2 is 1.90 bits per heavy atom. The van der Waals surface area contributed by atoms with Crippen molar-refractivity contribution in [1.82, 2.24) is 0 Å². The number of hydrogen-bond acceptors (Lipinski definition) is 5. The van der Waals surface area contributed by atoms with E-state index in [4.69, 9.17) is 4.74 Å². The third-order valence-corrected chi connectivity index (χ3v) is 4.35. The number of fused-ring (bicyclic) bond motifs is 1. The van der Waals surface area contributed by atoms with E-state index in [1.54, 1.807) is 25.1 Å². The average Bonchev–Trinajstić information content (AvgIpc) is 2.98. The van der Waals surface area contributed by atoms with Crippen LogP contribution in [-0.2, 0) is 14.3 Å². The molecule has 2 aromatic rings. The first kappa shape index (κ1) is 20.2. The molecule has 29 heavy (non-hydrogen) atoms. The van der Waals surface area contributed by atoms with Crippen LogP contribution in [0, 0.1) is 0 Å². The van der Waals surface area contributed by atoms with Crippen molar-refractivity contribution < 1.29 is 32.6 Å². The van der Waals surface area contributed by atoms with Gasteiger partial charge in [0.2, 0.25) is 5.91 Å². The lowest BCUT2D eigenvalue weighted by Crippen LogP contribution is -2.13. The Kier molecular flexibility index (Phi) is 6.01. The summed E-state index contributed by atoms with van der Waals surface area (Å²) in [4.78, 5) is 35.7. The standard InChI is InChI=1S/C21H17F2NO5/c1-12-16-10-14(5-8-17(16)24-20(12)27)18(25)11-28-19(26)9-4-13-2-6-15(7-3-13)29-21(22)23/h2-10,12,21H,11H2,1H3,(H,24,27)/b9-4+/t12-/m0/s1. The fourth-order valence-corrected chi connectivity index (χ4v) is 2.78. The summed E-state index contributed by atoms with van der Waals surface area (Å²) in [6.07, 6.45) is 2.55. The first-order valence-corrected chi connectivity index (χ1v) is 8.71.